The maximum absolute atomic E-state index is 12.2. The molecule has 0 spiro atoms. The molecule has 0 radical (unpaired) electrons. The fraction of sp³-hybridized carbons (Fsp3) is 0.700. The number of carbonyl (C=O) groups is 1. The van der Waals surface area contributed by atoms with E-state index in [1.165, 1.54) is 0 Å². The van der Waals surface area contributed by atoms with Crippen LogP contribution in [0.5, 0.6) is 0 Å². The average Bonchev–Trinajstić information content (AvgIpc) is 2.92. The van der Waals surface area contributed by atoms with E-state index in [1.54, 1.807) is 6.07 Å². The van der Waals surface area contributed by atoms with Gasteiger partial charge < -0.3 is 5.11 Å². The number of carbonyl (C=O) groups excluding carboxylic acids is 1. The highest BCUT2D eigenvalue weighted by Gasteiger charge is 2.60. The summed E-state index contributed by atoms with van der Waals surface area (Å²) in [5, 5.41) is 20.6. The Hall–Kier alpha value is -1.40. The average molecular weight is 316 g/mol. The number of nitrogens with zero attached hydrogens (tertiary/aromatic N) is 1. The van der Waals surface area contributed by atoms with E-state index in [-0.39, 0.29) is 30.7 Å². The van der Waals surface area contributed by atoms with Gasteiger partial charge in [-0.3, -0.25) is 4.79 Å². The molecule has 2 fully saturated rings. The van der Waals surface area contributed by atoms with E-state index in [2.05, 4.69) is 0 Å². The Morgan fingerprint density at radius 2 is 2.30 bits per heavy atom. The maximum Gasteiger partial charge on any atom is 0.156 e. The van der Waals surface area contributed by atoms with Crippen LogP contribution in [0.15, 0.2) is 22.8 Å². The van der Waals surface area contributed by atoms with Crippen molar-refractivity contribution in [2.75, 3.05) is 0 Å². The molecule has 0 aliphatic heterocycles. The molecule has 1 N–H and O–H groups in total. The zero-order chi connectivity index (χ0) is 20.7. The predicted octanol–water partition coefficient (Wildman–Crippen LogP) is 3.84. The maximum atomic E-state index is 12.2. The van der Waals surface area contributed by atoms with Crippen molar-refractivity contribution < 1.29 is 16.8 Å². The third-order valence-corrected chi connectivity index (χ3v) is 6.84. The first-order chi connectivity index (χ1) is 12.9. The summed E-state index contributed by atoms with van der Waals surface area (Å²) in [6.07, 6.45) is -1.17. The van der Waals surface area contributed by atoms with Gasteiger partial charge in [-0.15, -0.1) is 0 Å². The van der Waals surface area contributed by atoms with Crippen molar-refractivity contribution in [1.82, 2.24) is 0 Å². The Labute approximate surface area is 145 Å². The molecule has 0 saturated heterocycles. The van der Waals surface area contributed by atoms with Gasteiger partial charge in [0.05, 0.1) is 19.4 Å². The van der Waals surface area contributed by atoms with Crippen LogP contribution in [0.1, 0.15) is 71.5 Å². The first kappa shape index (κ1) is 10.5. The zero-order valence-electron chi connectivity index (χ0n) is 18.4. The number of nitriles is 1. The quantitative estimate of drug-likeness (QED) is 0.799. The van der Waals surface area contributed by atoms with Crippen LogP contribution >= 0.6 is 0 Å². The van der Waals surface area contributed by atoms with Crippen molar-refractivity contribution in [3.8, 4) is 6.07 Å². The fourth-order valence-electron chi connectivity index (χ4n) is 5.54. The summed E-state index contributed by atoms with van der Waals surface area (Å²) in [5.74, 6) is -0.641. The molecule has 4 atom stereocenters. The first-order valence-electron chi connectivity index (χ1n) is 11.0. The standard InChI is InChI=1S/C20H25NO2/c1-19-8-6-16-15-5-3-14(22)12-13(15)2-4-17(16)18(19)7-9-20(19,23)10-11-21/h12,17-18,23H,2-10H2,1H3/t17-,18+,19+,20-/m1/s1/i3D2,10D2,12D. The molecule has 3 nitrogen and oxygen atoms in total. The van der Waals surface area contributed by atoms with Crippen LogP contribution in [0.4, 0.5) is 0 Å². The van der Waals surface area contributed by atoms with Gasteiger partial charge in [-0.25, -0.2) is 0 Å². The van der Waals surface area contributed by atoms with Crippen molar-refractivity contribution in [3.63, 3.8) is 0 Å². The minimum Gasteiger partial charge on any atom is -0.388 e. The molecule has 2 saturated carbocycles. The lowest BCUT2D eigenvalue weighted by Gasteiger charge is -2.51. The van der Waals surface area contributed by atoms with Crippen LogP contribution in [0.25, 0.3) is 0 Å². The SMILES string of the molecule is [2H]C1=C2CC[C@@H]3C(=C2CC([2H])([2H])C1=O)CC[C@@]1(C)[C@H]3CC[C@@]1(O)C([2H])([2H])C#N. The van der Waals surface area contributed by atoms with E-state index in [0.29, 0.717) is 31.3 Å². The summed E-state index contributed by atoms with van der Waals surface area (Å²) in [6, 6.07) is 1.47. The number of aliphatic hydroxyl groups is 1. The second-order valence-corrected chi connectivity index (χ2v) is 7.59. The van der Waals surface area contributed by atoms with Crippen LogP contribution in [-0.2, 0) is 4.79 Å². The number of allylic oxidation sites excluding steroid dienone is 4. The van der Waals surface area contributed by atoms with Crippen LogP contribution in [0, 0.1) is 28.6 Å². The van der Waals surface area contributed by atoms with Crippen LogP contribution in [-0.4, -0.2) is 16.5 Å². The molecule has 0 aromatic rings. The summed E-state index contributed by atoms with van der Waals surface area (Å²) in [7, 11) is 0. The minimum absolute atomic E-state index is 0.00209. The molecule has 0 aromatic carbocycles. The van der Waals surface area contributed by atoms with E-state index >= 15 is 0 Å². The van der Waals surface area contributed by atoms with Gasteiger partial charge >= 0.3 is 0 Å². The second kappa shape index (κ2) is 5.05. The Balaban J connectivity index is 1.79. The van der Waals surface area contributed by atoms with Gasteiger partial charge in [0.25, 0.3) is 0 Å². The Kier molecular flexibility index (Phi) is 2.30. The summed E-state index contributed by atoms with van der Waals surface area (Å²) in [5.41, 5.74) is 0.146. The molecule has 4 aliphatic carbocycles. The van der Waals surface area contributed by atoms with E-state index < -0.39 is 29.5 Å². The number of ketones is 1. The highest BCUT2D eigenvalue weighted by atomic mass is 16.3. The molecule has 0 aromatic heterocycles. The van der Waals surface area contributed by atoms with Crippen LogP contribution in [0.2, 0.25) is 0 Å². The third kappa shape index (κ3) is 2.01. The van der Waals surface area contributed by atoms with Gasteiger partial charge in [0.2, 0.25) is 0 Å². The summed E-state index contributed by atoms with van der Waals surface area (Å²) in [6.45, 7) is 1.90. The number of rotatable bonds is 1. The molecule has 0 bridgehead atoms. The van der Waals surface area contributed by atoms with Gasteiger partial charge in [0, 0.05) is 17.3 Å². The normalized spacial score (nSPS) is 48.9. The van der Waals surface area contributed by atoms with Crippen molar-refractivity contribution in [2.24, 2.45) is 17.3 Å². The Morgan fingerprint density at radius 3 is 3.09 bits per heavy atom. The fourth-order valence-corrected chi connectivity index (χ4v) is 5.54. The van der Waals surface area contributed by atoms with E-state index in [0.717, 1.165) is 17.6 Å². The number of hydrogen-bond acceptors (Lipinski definition) is 3. The molecule has 4 rings (SSSR count). The minimum atomic E-state index is -2.33. The van der Waals surface area contributed by atoms with Crippen molar-refractivity contribution in [3.05, 3.63) is 22.8 Å². The Morgan fingerprint density at radius 1 is 1.48 bits per heavy atom. The first-order valence-corrected chi connectivity index (χ1v) is 8.50. The lowest BCUT2D eigenvalue weighted by Crippen LogP contribution is -2.49. The summed E-state index contributed by atoms with van der Waals surface area (Å²) >= 11 is 0. The molecule has 122 valence electrons. The number of fused-ring (bicyclic) bond motifs is 4. The molecule has 0 heterocycles. The zero-order valence-corrected chi connectivity index (χ0v) is 13.4. The number of hydrogen-bond donors (Lipinski definition) is 1. The van der Waals surface area contributed by atoms with Crippen LogP contribution in [0.3, 0.4) is 0 Å². The third-order valence-electron chi connectivity index (χ3n) is 6.84. The monoisotopic (exact) mass is 316 g/mol. The topological polar surface area (TPSA) is 61.1 Å². The highest BCUT2D eigenvalue weighted by Crippen LogP contribution is 2.64. The smallest absolute Gasteiger partial charge is 0.156 e. The molecule has 23 heavy (non-hydrogen) atoms. The summed E-state index contributed by atoms with van der Waals surface area (Å²) in [4.78, 5) is 12.2. The molecule has 3 heteroatoms. The second-order valence-electron chi connectivity index (χ2n) is 7.59. The van der Waals surface area contributed by atoms with Crippen LogP contribution < -0.4 is 0 Å². The molecular weight excluding hydrogens is 286 g/mol. The largest absolute Gasteiger partial charge is 0.388 e. The molecule has 4 aliphatic rings. The van der Waals surface area contributed by atoms with Crippen molar-refractivity contribution >= 4 is 5.78 Å². The lowest BCUT2D eigenvalue weighted by atomic mass is 9.54. The molecule has 0 amide bonds. The van der Waals surface area contributed by atoms with Crippen molar-refractivity contribution in [1.29, 1.82) is 5.26 Å². The molecular formula is C20H25NO2. The Bertz CT molecular complexity index is 870. The predicted molar refractivity (Wildman–Crippen MR) is 87.3 cm³/mol. The van der Waals surface area contributed by atoms with Gasteiger partial charge in [0.15, 0.2) is 5.78 Å². The van der Waals surface area contributed by atoms with E-state index in [1.807, 2.05) is 6.92 Å². The van der Waals surface area contributed by atoms with E-state index in [9.17, 15) is 15.2 Å². The lowest BCUT2D eigenvalue weighted by molar-refractivity contribution is -0.114. The highest BCUT2D eigenvalue weighted by molar-refractivity contribution is 5.93. The van der Waals surface area contributed by atoms with E-state index in [4.69, 9.17) is 6.85 Å². The van der Waals surface area contributed by atoms with Gasteiger partial charge in [-0.05, 0) is 74.0 Å². The van der Waals surface area contributed by atoms with Gasteiger partial charge in [-0.2, -0.15) is 5.26 Å². The molecule has 0 unspecified atom stereocenters. The van der Waals surface area contributed by atoms with Gasteiger partial charge in [0.1, 0.15) is 0 Å². The van der Waals surface area contributed by atoms with Gasteiger partial charge in [-0.1, -0.05) is 12.5 Å². The van der Waals surface area contributed by atoms with Crippen molar-refractivity contribution in [2.45, 2.75) is 70.2 Å². The summed E-state index contributed by atoms with van der Waals surface area (Å²) < 4.78 is 40.5.